The first-order valence-electron chi connectivity index (χ1n) is 6.27. The molecule has 0 amide bonds. The first kappa shape index (κ1) is 13.0. The molecule has 1 aromatic heterocycles. The first-order valence-corrected chi connectivity index (χ1v) is 6.27. The van der Waals surface area contributed by atoms with Gasteiger partial charge in [-0.1, -0.05) is 6.92 Å². The Hall–Kier alpha value is -1.43. The predicted octanol–water partition coefficient (Wildman–Crippen LogP) is 1.62. The van der Waals surface area contributed by atoms with E-state index in [9.17, 15) is 4.79 Å². The van der Waals surface area contributed by atoms with Crippen molar-refractivity contribution in [3.8, 4) is 0 Å². The zero-order chi connectivity index (χ0) is 13.0. The summed E-state index contributed by atoms with van der Waals surface area (Å²) >= 11 is 0. The largest absolute Gasteiger partial charge is 0.481 e. The molecule has 1 saturated heterocycles. The van der Waals surface area contributed by atoms with E-state index in [1.807, 2.05) is 6.92 Å². The average molecular weight is 254 g/mol. The molecular formula is C12H18N2O4. The van der Waals surface area contributed by atoms with Crippen molar-refractivity contribution < 1.29 is 19.1 Å². The van der Waals surface area contributed by atoms with Crippen LogP contribution in [0.3, 0.4) is 0 Å². The van der Waals surface area contributed by atoms with Gasteiger partial charge in [0.15, 0.2) is 0 Å². The topological polar surface area (TPSA) is 85.5 Å². The summed E-state index contributed by atoms with van der Waals surface area (Å²) in [6.07, 6.45) is 2.45. The fourth-order valence-corrected chi connectivity index (χ4v) is 2.13. The number of carboxylic acids is 1. The summed E-state index contributed by atoms with van der Waals surface area (Å²) in [6.45, 7) is 3.34. The SMILES string of the molecule is CC(CC(=O)O)Cc1nnc(C2CCOCC2)o1. The maximum atomic E-state index is 10.6. The Morgan fingerprint density at radius 1 is 1.44 bits per heavy atom. The van der Waals surface area contributed by atoms with E-state index in [2.05, 4.69) is 10.2 Å². The van der Waals surface area contributed by atoms with Crippen molar-refractivity contribution >= 4 is 5.97 Å². The van der Waals surface area contributed by atoms with Crippen LogP contribution in [0.1, 0.15) is 43.9 Å². The van der Waals surface area contributed by atoms with Crippen LogP contribution >= 0.6 is 0 Å². The second-order valence-electron chi connectivity index (χ2n) is 4.83. The van der Waals surface area contributed by atoms with E-state index in [1.165, 1.54) is 0 Å². The van der Waals surface area contributed by atoms with Gasteiger partial charge in [-0.15, -0.1) is 10.2 Å². The number of aromatic nitrogens is 2. The molecule has 1 aliphatic rings. The average Bonchev–Trinajstić information content (AvgIpc) is 2.77. The van der Waals surface area contributed by atoms with Gasteiger partial charge in [0.2, 0.25) is 11.8 Å². The molecule has 1 unspecified atom stereocenters. The van der Waals surface area contributed by atoms with Gasteiger partial charge in [-0.05, 0) is 18.8 Å². The van der Waals surface area contributed by atoms with E-state index in [0.717, 1.165) is 26.1 Å². The minimum absolute atomic E-state index is 0.00508. The summed E-state index contributed by atoms with van der Waals surface area (Å²) in [5.74, 6) is 0.688. The molecule has 100 valence electrons. The summed E-state index contributed by atoms with van der Waals surface area (Å²) in [5, 5.41) is 16.7. The number of ether oxygens (including phenoxy) is 1. The number of hydrogen-bond acceptors (Lipinski definition) is 5. The van der Waals surface area contributed by atoms with E-state index in [4.69, 9.17) is 14.3 Å². The summed E-state index contributed by atoms with van der Waals surface area (Å²) in [7, 11) is 0. The lowest BCUT2D eigenvalue weighted by Crippen LogP contribution is -2.14. The highest BCUT2D eigenvalue weighted by Gasteiger charge is 2.22. The maximum absolute atomic E-state index is 10.6. The summed E-state index contributed by atoms with van der Waals surface area (Å²) in [4.78, 5) is 10.6. The Labute approximate surface area is 105 Å². The highest BCUT2D eigenvalue weighted by Crippen LogP contribution is 2.26. The van der Waals surface area contributed by atoms with Gasteiger partial charge in [-0.3, -0.25) is 4.79 Å². The van der Waals surface area contributed by atoms with Gasteiger partial charge in [0.05, 0.1) is 0 Å². The molecule has 1 fully saturated rings. The molecule has 6 nitrogen and oxygen atoms in total. The molecule has 18 heavy (non-hydrogen) atoms. The molecule has 0 bridgehead atoms. The number of hydrogen-bond donors (Lipinski definition) is 1. The van der Waals surface area contributed by atoms with E-state index in [0.29, 0.717) is 18.2 Å². The number of aliphatic carboxylic acids is 1. The lowest BCUT2D eigenvalue weighted by molar-refractivity contribution is -0.137. The molecule has 0 saturated carbocycles. The molecule has 2 heterocycles. The predicted molar refractivity (Wildman–Crippen MR) is 62.2 cm³/mol. The van der Waals surface area contributed by atoms with Crippen LogP contribution < -0.4 is 0 Å². The lowest BCUT2D eigenvalue weighted by Gasteiger charge is -2.18. The Morgan fingerprint density at radius 3 is 2.83 bits per heavy atom. The summed E-state index contributed by atoms with van der Waals surface area (Å²) in [6, 6.07) is 0. The monoisotopic (exact) mass is 254 g/mol. The number of carboxylic acid groups (broad SMARTS) is 1. The van der Waals surface area contributed by atoms with Crippen LogP contribution in [-0.4, -0.2) is 34.5 Å². The second kappa shape index (κ2) is 5.95. The van der Waals surface area contributed by atoms with E-state index < -0.39 is 5.97 Å². The van der Waals surface area contributed by atoms with Crippen molar-refractivity contribution in [1.82, 2.24) is 10.2 Å². The Kier molecular flexibility index (Phi) is 4.30. The molecule has 1 atom stereocenters. The van der Waals surface area contributed by atoms with Crippen molar-refractivity contribution in [2.45, 2.75) is 38.5 Å². The zero-order valence-electron chi connectivity index (χ0n) is 10.5. The summed E-state index contributed by atoms with van der Waals surface area (Å²) < 4.78 is 10.9. The molecule has 6 heteroatoms. The van der Waals surface area contributed by atoms with Gasteiger partial charge in [-0.2, -0.15) is 0 Å². The molecule has 1 aliphatic heterocycles. The van der Waals surface area contributed by atoms with Crippen LogP contribution in [-0.2, 0) is 16.0 Å². The Morgan fingerprint density at radius 2 is 2.17 bits per heavy atom. The first-order chi connectivity index (χ1) is 8.65. The van der Waals surface area contributed by atoms with Crippen molar-refractivity contribution in [2.24, 2.45) is 5.92 Å². The smallest absolute Gasteiger partial charge is 0.303 e. The minimum Gasteiger partial charge on any atom is -0.481 e. The van der Waals surface area contributed by atoms with E-state index in [1.54, 1.807) is 0 Å². The van der Waals surface area contributed by atoms with Crippen LogP contribution in [0, 0.1) is 5.92 Å². The van der Waals surface area contributed by atoms with Gasteiger partial charge in [0.1, 0.15) is 0 Å². The van der Waals surface area contributed by atoms with Crippen LogP contribution in [0.2, 0.25) is 0 Å². The van der Waals surface area contributed by atoms with Gasteiger partial charge in [0.25, 0.3) is 0 Å². The standard InChI is InChI=1S/C12H18N2O4/c1-8(7-11(15)16)6-10-13-14-12(18-10)9-2-4-17-5-3-9/h8-9H,2-7H2,1H3,(H,15,16). The second-order valence-corrected chi connectivity index (χ2v) is 4.83. The van der Waals surface area contributed by atoms with Crippen molar-refractivity contribution in [1.29, 1.82) is 0 Å². The third-order valence-electron chi connectivity index (χ3n) is 3.10. The molecule has 2 rings (SSSR count). The highest BCUT2D eigenvalue weighted by molar-refractivity contribution is 5.66. The fraction of sp³-hybridized carbons (Fsp3) is 0.750. The molecule has 1 N–H and O–H groups in total. The highest BCUT2D eigenvalue weighted by atomic mass is 16.5. The third kappa shape index (κ3) is 3.53. The fourth-order valence-electron chi connectivity index (χ4n) is 2.13. The van der Waals surface area contributed by atoms with Crippen LogP contribution in [0.5, 0.6) is 0 Å². The number of nitrogens with zero attached hydrogens (tertiary/aromatic N) is 2. The molecule has 0 aliphatic carbocycles. The minimum atomic E-state index is -0.799. The van der Waals surface area contributed by atoms with Crippen molar-refractivity contribution in [3.63, 3.8) is 0 Å². The zero-order valence-corrected chi connectivity index (χ0v) is 10.5. The van der Waals surface area contributed by atoms with E-state index >= 15 is 0 Å². The molecule has 0 radical (unpaired) electrons. The maximum Gasteiger partial charge on any atom is 0.303 e. The van der Waals surface area contributed by atoms with Gasteiger partial charge >= 0.3 is 5.97 Å². The van der Waals surface area contributed by atoms with Gasteiger partial charge in [-0.25, -0.2) is 0 Å². The molecule has 0 spiro atoms. The Balaban J connectivity index is 1.91. The normalized spacial score (nSPS) is 18.7. The van der Waals surface area contributed by atoms with Crippen molar-refractivity contribution in [3.05, 3.63) is 11.8 Å². The number of carbonyl (C=O) groups is 1. The van der Waals surface area contributed by atoms with Crippen molar-refractivity contribution in [2.75, 3.05) is 13.2 Å². The summed E-state index contributed by atoms with van der Waals surface area (Å²) in [5.41, 5.74) is 0. The lowest BCUT2D eigenvalue weighted by atomic mass is 10.0. The van der Waals surface area contributed by atoms with Crippen LogP contribution in [0.4, 0.5) is 0 Å². The quantitative estimate of drug-likeness (QED) is 0.859. The van der Waals surface area contributed by atoms with Gasteiger partial charge < -0.3 is 14.3 Å². The van der Waals surface area contributed by atoms with Gasteiger partial charge in [0, 0.05) is 32.0 Å². The molecular weight excluding hydrogens is 236 g/mol. The molecule has 1 aromatic rings. The van der Waals surface area contributed by atoms with E-state index in [-0.39, 0.29) is 18.3 Å². The number of rotatable bonds is 5. The van der Waals surface area contributed by atoms with Crippen LogP contribution in [0.15, 0.2) is 4.42 Å². The third-order valence-corrected chi connectivity index (χ3v) is 3.10. The molecule has 0 aromatic carbocycles. The Bertz CT molecular complexity index is 399. The van der Waals surface area contributed by atoms with Crippen LogP contribution in [0.25, 0.3) is 0 Å².